The Morgan fingerprint density at radius 3 is 1.84 bits per heavy atom. The fourth-order valence-corrected chi connectivity index (χ4v) is 5.61. The monoisotopic (exact) mass is 699 g/mol. The van der Waals surface area contributed by atoms with Crippen molar-refractivity contribution in [2.24, 2.45) is 0 Å². The van der Waals surface area contributed by atoms with Gasteiger partial charge in [0.25, 0.3) is 0 Å². The van der Waals surface area contributed by atoms with Gasteiger partial charge in [0, 0.05) is 0 Å². The van der Waals surface area contributed by atoms with Gasteiger partial charge in [0.05, 0.1) is 25.4 Å². The molecule has 0 radical (unpaired) electrons. The summed E-state index contributed by atoms with van der Waals surface area (Å²) < 4.78 is 11.0. The number of ether oxygens (including phenoxy) is 2. The van der Waals surface area contributed by atoms with Crippen molar-refractivity contribution < 1.29 is 50.0 Å². The molecule has 1 aliphatic heterocycles. The van der Waals surface area contributed by atoms with Crippen LogP contribution in [0, 0.1) is 0 Å². The van der Waals surface area contributed by atoms with Crippen LogP contribution in [-0.2, 0) is 14.3 Å². The second kappa shape index (κ2) is 29.0. The van der Waals surface area contributed by atoms with Crippen LogP contribution in [0.4, 0.5) is 0 Å². The van der Waals surface area contributed by atoms with E-state index in [9.17, 15) is 40.5 Å². The third-order valence-corrected chi connectivity index (χ3v) is 8.89. The second-order valence-corrected chi connectivity index (χ2v) is 13.3. The topological polar surface area (TPSA) is 189 Å². The summed E-state index contributed by atoms with van der Waals surface area (Å²) in [6.45, 7) is 3.28. The number of aliphatic hydroxyl groups is 7. The molecule has 0 saturated carbocycles. The number of hydrogen-bond acceptors (Lipinski definition) is 10. The lowest BCUT2D eigenvalue weighted by atomic mass is 9.98. The average molecular weight is 700 g/mol. The molecule has 11 heteroatoms. The number of amides is 1. The maximum absolute atomic E-state index is 12.9. The van der Waals surface area contributed by atoms with Crippen molar-refractivity contribution in [1.29, 1.82) is 0 Å². The lowest BCUT2D eigenvalue weighted by Crippen LogP contribution is -2.60. The molecule has 49 heavy (non-hydrogen) atoms. The Bertz CT molecular complexity index is 898. The highest BCUT2D eigenvalue weighted by Gasteiger charge is 2.44. The molecule has 0 aromatic rings. The van der Waals surface area contributed by atoms with Gasteiger partial charge in [0.15, 0.2) is 6.29 Å². The standard InChI is InChI=1S/C38H69NO10/c1-3-5-7-9-11-13-14-15-16-18-19-21-23-25-30(41)33(43)29(28-48-38-36(46)35(45)34(44)32(27-40)49-38)39-37(47)31(42)26-24-22-20-17-12-10-8-6-4-2/h10,12-14,18-19,29-36,38,40-46H,3-9,11,15-17,20-28H2,1-2H3,(H,39,47)/b12-10-,14-13+,19-18+. The van der Waals surface area contributed by atoms with E-state index in [4.69, 9.17) is 9.47 Å². The summed E-state index contributed by atoms with van der Waals surface area (Å²) in [4.78, 5) is 12.9. The number of rotatable bonds is 29. The molecule has 1 aliphatic rings. The minimum Gasteiger partial charge on any atom is -0.394 e. The molecule has 1 amide bonds. The molecule has 9 unspecified atom stereocenters. The third-order valence-electron chi connectivity index (χ3n) is 8.89. The molecule has 0 aromatic carbocycles. The first-order chi connectivity index (χ1) is 23.7. The molecule has 1 heterocycles. The molecular weight excluding hydrogens is 630 g/mol. The smallest absolute Gasteiger partial charge is 0.249 e. The van der Waals surface area contributed by atoms with Gasteiger partial charge in [-0.1, -0.05) is 95.2 Å². The van der Waals surface area contributed by atoms with Gasteiger partial charge in [-0.05, 0) is 70.6 Å². The van der Waals surface area contributed by atoms with Crippen LogP contribution in [0.3, 0.4) is 0 Å². The van der Waals surface area contributed by atoms with Gasteiger partial charge in [-0.3, -0.25) is 4.79 Å². The Labute approximate surface area is 295 Å². The molecule has 1 saturated heterocycles. The van der Waals surface area contributed by atoms with Crippen molar-refractivity contribution in [3.05, 3.63) is 36.5 Å². The summed E-state index contributed by atoms with van der Waals surface area (Å²) in [7, 11) is 0. The number of hydrogen-bond donors (Lipinski definition) is 8. The van der Waals surface area contributed by atoms with Crippen molar-refractivity contribution in [2.45, 2.75) is 184 Å². The van der Waals surface area contributed by atoms with Crippen LogP contribution in [0.5, 0.6) is 0 Å². The fraction of sp³-hybridized carbons (Fsp3) is 0.816. The van der Waals surface area contributed by atoms with Gasteiger partial charge in [0.1, 0.15) is 36.6 Å². The van der Waals surface area contributed by atoms with Gasteiger partial charge >= 0.3 is 0 Å². The van der Waals surface area contributed by atoms with Gasteiger partial charge in [-0.2, -0.15) is 0 Å². The number of carbonyl (C=O) groups excluding carboxylic acids is 1. The molecule has 0 aliphatic carbocycles. The number of allylic oxidation sites excluding steroid dienone is 6. The van der Waals surface area contributed by atoms with Crippen LogP contribution in [-0.4, -0.2) is 110 Å². The minimum atomic E-state index is -1.67. The van der Waals surface area contributed by atoms with Gasteiger partial charge < -0.3 is 50.5 Å². The summed E-state index contributed by atoms with van der Waals surface area (Å²) >= 11 is 0. The Hall–Kier alpha value is -1.67. The van der Waals surface area contributed by atoms with Crippen LogP contribution in [0.1, 0.15) is 129 Å². The Balaban J connectivity index is 2.64. The molecule has 8 N–H and O–H groups in total. The lowest BCUT2D eigenvalue weighted by Gasteiger charge is -2.40. The summed E-state index contributed by atoms with van der Waals surface area (Å²) in [5, 5.41) is 75.0. The first-order valence-corrected chi connectivity index (χ1v) is 18.9. The zero-order valence-electron chi connectivity index (χ0n) is 30.2. The molecule has 11 nitrogen and oxygen atoms in total. The van der Waals surface area contributed by atoms with Crippen molar-refractivity contribution in [3.8, 4) is 0 Å². The molecule has 0 bridgehead atoms. The van der Waals surface area contributed by atoms with Crippen LogP contribution in [0.15, 0.2) is 36.5 Å². The summed E-state index contributed by atoms with van der Waals surface area (Å²) in [6.07, 6.45) is 17.9. The Kier molecular flexibility index (Phi) is 26.8. The van der Waals surface area contributed by atoms with Crippen molar-refractivity contribution in [3.63, 3.8) is 0 Å². The van der Waals surface area contributed by atoms with Crippen LogP contribution < -0.4 is 5.32 Å². The molecule has 286 valence electrons. The number of aliphatic hydroxyl groups excluding tert-OH is 7. The van der Waals surface area contributed by atoms with E-state index in [0.29, 0.717) is 19.3 Å². The predicted octanol–water partition coefficient (Wildman–Crippen LogP) is 4.10. The average Bonchev–Trinajstić information content (AvgIpc) is 3.10. The van der Waals surface area contributed by atoms with E-state index in [-0.39, 0.29) is 12.8 Å². The van der Waals surface area contributed by atoms with E-state index in [2.05, 4.69) is 55.6 Å². The van der Waals surface area contributed by atoms with E-state index in [1.54, 1.807) is 0 Å². The molecule has 1 rings (SSSR count). The summed E-state index contributed by atoms with van der Waals surface area (Å²) in [5.74, 6) is -0.731. The normalized spacial score (nSPS) is 24.1. The predicted molar refractivity (Wildman–Crippen MR) is 192 cm³/mol. The van der Waals surface area contributed by atoms with E-state index >= 15 is 0 Å². The Morgan fingerprint density at radius 2 is 1.24 bits per heavy atom. The van der Waals surface area contributed by atoms with E-state index < -0.39 is 74.2 Å². The Morgan fingerprint density at radius 1 is 0.694 bits per heavy atom. The molecule has 9 atom stereocenters. The summed E-state index contributed by atoms with van der Waals surface area (Å²) in [6, 6.07) is -1.19. The first kappa shape index (κ1) is 45.4. The molecule has 0 aromatic heterocycles. The van der Waals surface area contributed by atoms with Gasteiger partial charge in [-0.15, -0.1) is 0 Å². The van der Waals surface area contributed by atoms with Crippen LogP contribution in [0.25, 0.3) is 0 Å². The largest absolute Gasteiger partial charge is 0.394 e. The van der Waals surface area contributed by atoms with Gasteiger partial charge in [0.2, 0.25) is 5.91 Å². The van der Waals surface area contributed by atoms with Gasteiger partial charge in [-0.25, -0.2) is 0 Å². The summed E-state index contributed by atoms with van der Waals surface area (Å²) in [5.41, 5.74) is 0. The molecular formula is C38H69NO10. The number of nitrogens with one attached hydrogen (secondary N) is 1. The number of carbonyl (C=O) groups is 1. The quantitative estimate of drug-likeness (QED) is 0.0417. The minimum absolute atomic E-state index is 0.228. The van der Waals surface area contributed by atoms with Crippen molar-refractivity contribution in [2.75, 3.05) is 13.2 Å². The maximum atomic E-state index is 12.9. The number of unbranched alkanes of at least 4 members (excludes halogenated alkanes) is 11. The molecule has 0 spiro atoms. The second-order valence-electron chi connectivity index (χ2n) is 13.3. The lowest BCUT2D eigenvalue weighted by molar-refractivity contribution is -0.303. The highest BCUT2D eigenvalue weighted by atomic mass is 16.7. The van der Waals surface area contributed by atoms with Crippen LogP contribution >= 0.6 is 0 Å². The van der Waals surface area contributed by atoms with E-state index in [0.717, 1.165) is 51.4 Å². The highest BCUT2D eigenvalue weighted by Crippen LogP contribution is 2.23. The highest BCUT2D eigenvalue weighted by molar-refractivity contribution is 5.80. The van der Waals surface area contributed by atoms with Crippen LogP contribution in [0.2, 0.25) is 0 Å². The maximum Gasteiger partial charge on any atom is 0.249 e. The molecule has 1 fully saturated rings. The third kappa shape index (κ3) is 20.1. The zero-order chi connectivity index (χ0) is 36.3. The van der Waals surface area contributed by atoms with Crippen molar-refractivity contribution in [1.82, 2.24) is 5.32 Å². The zero-order valence-corrected chi connectivity index (χ0v) is 30.2. The fourth-order valence-electron chi connectivity index (χ4n) is 5.61. The van der Waals surface area contributed by atoms with E-state index in [1.165, 1.54) is 32.1 Å². The van der Waals surface area contributed by atoms with E-state index in [1.807, 2.05) is 0 Å². The SMILES string of the molecule is CCCC/C=C\CCCCCC(O)C(=O)NC(COC1OC(CO)C(O)C(O)C1O)C(O)C(O)CCC/C=C/CC/C=C/CCCCCC. The van der Waals surface area contributed by atoms with Crippen molar-refractivity contribution >= 4 is 5.91 Å². The first-order valence-electron chi connectivity index (χ1n) is 18.9.